The normalized spacial score (nSPS) is 21.6. The molecule has 1 atom stereocenters. The van der Waals surface area contributed by atoms with Crippen molar-refractivity contribution in [3.8, 4) is 0 Å². The highest BCUT2D eigenvalue weighted by Gasteiger charge is 2.31. The standard InChI is InChI=1S/C16H25N5O2/c1-12-10-14(19(2)18-12)17-15(22)13-6-5-9-21(11-13)16(23)20-7-3-4-8-20/h10,13H,3-9,11H2,1-2H3,(H,17,22)/t13-/m0/s1. The molecule has 2 saturated heterocycles. The molecule has 1 aromatic heterocycles. The number of hydrogen-bond donors (Lipinski definition) is 1. The summed E-state index contributed by atoms with van der Waals surface area (Å²) in [7, 11) is 1.81. The van der Waals surface area contributed by atoms with Gasteiger partial charge in [-0.25, -0.2) is 4.79 Å². The first-order valence-corrected chi connectivity index (χ1v) is 8.40. The number of urea groups is 1. The number of rotatable bonds is 2. The van der Waals surface area contributed by atoms with Gasteiger partial charge in [-0.15, -0.1) is 0 Å². The summed E-state index contributed by atoms with van der Waals surface area (Å²) >= 11 is 0. The maximum atomic E-state index is 12.5. The van der Waals surface area contributed by atoms with Gasteiger partial charge in [0.15, 0.2) is 0 Å². The average Bonchev–Trinajstić information content (AvgIpc) is 3.17. The number of nitrogens with one attached hydrogen (secondary N) is 1. The van der Waals surface area contributed by atoms with E-state index in [-0.39, 0.29) is 17.9 Å². The van der Waals surface area contributed by atoms with E-state index < -0.39 is 0 Å². The van der Waals surface area contributed by atoms with Gasteiger partial charge in [-0.05, 0) is 32.6 Å². The van der Waals surface area contributed by atoms with E-state index in [1.807, 2.05) is 29.8 Å². The zero-order chi connectivity index (χ0) is 16.4. The Balaban J connectivity index is 1.60. The Kier molecular flexibility index (Phi) is 4.54. The minimum absolute atomic E-state index is 0.0214. The fourth-order valence-electron chi connectivity index (χ4n) is 3.43. The third-order valence-electron chi connectivity index (χ3n) is 4.69. The van der Waals surface area contributed by atoms with Gasteiger partial charge in [-0.2, -0.15) is 5.10 Å². The molecule has 2 fully saturated rings. The van der Waals surface area contributed by atoms with Crippen LogP contribution in [0.2, 0.25) is 0 Å². The fourth-order valence-corrected chi connectivity index (χ4v) is 3.43. The second kappa shape index (κ2) is 6.60. The molecule has 1 N–H and O–H groups in total. The van der Waals surface area contributed by atoms with E-state index in [1.165, 1.54) is 0 Å². The molecule has 23 heavy (non-hydrogen) atoms. The fraction of sp³-hybridized carbons (Fsp3) is 0.688. The summed E-state index contributed by atoms with van der Waals surface area (Å²) in [4.78, 5) is 28.8. The van der Waals surface area contributed by atoms with Crippen LogP contribution in [0, 0.1) is 12.8 Å². The van der Waals surface area contributed by atoms with E-state index in [9.17, 15) is 9.59 Å². The zero-order valence-electron chi connectivity index (χ0n) is 13.9. The lowest BCUT2D eigenvalue weighted by Crippen LogP contribution is -2.48. The number of piperidine rings is 1. The van der Waals surface area contributed by atoms with E-state index in [4.69, 9.17) is 0 Å². The first-order valence-electron chi connectivity index (χ1n) is 8.40. The van der Waals surface area contributed by atoms with Crippen LogP contribution in [-0.2, 0) is 11.8 Å². The quantitative estimate of drug-likeness (QED) is 0.900. The van der Waals surface area contributed by atoms with Crippen molar-refractivity contribution in [3.05, 3.63) is 11.8 Å². The molecule has 2 aliphatic rings. The van der Waals surface area contributed by atoms with Gasteiger partial charge in [0.05, 0.1) is 11.6 Å². The second-order valence-electron chi connectivity index (χ2n) is 6.55. The number of nitrogens with zero attached hydrogens (tertiary/aromatic N) is 4. The van der Waals surface area contributed by atoms with E-state index in [2.05, 4.69) is 10.4 Å². The number of carbonyl (C=O) groups is 2. The van der Waals surface area contributed by atoms with Crippen LogP contribution in [0.15, 0.2) is 6.07 Å². The molecule has 3 rings (SSSR count). The topological polar surface area (TPSA) is 70.5 Å². The highest BCUT2D eigenvalue weighted by atomic mass is 16.2. The third kappa shape index (κ3) is 3.48. The molecule has 7 heteroatoms. The average molecular weight is 319 g/mol. The van der Waals surface area contributed by atoms with Gasteiger partial charge >= 0.3 is 6.03 Å². The van der Waals surface area contributed by atoms with Gasteiger partial charge in [-0.1, -0.05) is 0 Å². The molecule has 0 spiro atoms. The van der Waals surface area contributed by atoms with Gasteiger partial charge in [0.2, 0.25) is 5.91 Å². The van der Waals surface area contributed by atoms with Crippen molar-refractivity contribution in [1.82, 2.24) is 19.6 Å². The number of likely N-dealkylation sites (tertiary alicyclic amines) is 2. The minimum atomic E-state index is -0.148. The number of amides is 3. The van der Waals surface area contributed by atoms with Crippen molar-refractivity contribution in [3.63, 3.8) is 0 Å². The van der Waals surface area contributed by atoms with Gasteiger partial charge in [0.1, 0.15) is 5.82 Å². The molecule has 1 aromatic rings. The van der Waals surface area contributed by atoms with Crippen LogP contribution in [0.1, 0.15) is 31.4 Å². The predicted molar refractivity (Wildman–Crippen MR) is 87.1 cm³/mol. The molecule has 2 aliphatic heterocycles. The smallest absolute Gasteiger partial charge is 0.320 e. The van der Waals surface area contributed by atoms with Gasteiger partial charge in [-0.3, -0.25) is 9.48 Å². The molecule has 0 saturated carbocycles. The van der Waals surface area contributed by atoms with E-state index in [1.54, 1.807) is 4.68 Å². The van der Waals surface area contributed by atoms with Crippen molar-refractivity contribution in [1.29, 1.82) is 0 Å². The maximum absolute atomic E-state index is 12.5. The summed E-state index contributed by atoms with van der Waals surface area (Å²) in [6, 6.07) is 1.95. The van der Waals surface area contributed by atoms with Crippen molar-refractivity contribution in [2.45, 2.75) is 32.6 Å². The Morgan fingerprint density at radius 3 is 2.52 bits per heavy atom. The molecule has 3 heterocycles. The van der Waals surface area contributed by atoms with E-state index >= 15 is 0 Å². The minimum Gasteiger partial charge on any atom is -0.325 e. The van der Waals surface area contributed by atoms with Crippen molar-refractivity contribution >= 4 is 17.8 Å². The molecular formula is C16H25N5O2. The summed E-state index contributed by atoms with van der Waals surface area (Å²) in [6.07, 6.45) is 3.88. The predicted octanol–water partition coefficient (Wildman–Crippen LogP) is 1.59. The Morgan fingerprint density at radius 2 is 1.87 bits per heavy atom. The highest BCUT2D eigenvalue weighted by Crippen LogP contribution is 2.21. The molecule has 0 bridgehead atoms. The van der Waals surface area contributed by atoms with Gasteiger partial charge in [0.25, 0.3) is 0 Å². The number of aromatic nitrogens is 2. The molecule has 7 nitrogen and oxygen atoms in total. The first kappa shape index (κ1) is 15.8. The Hall–Kier alpha value is -2.05. The van der Waals surface area contributed by atoms with Crippen LogP contribution in [-0.4, -0.2) is 57.7 Å². The maximum Gasteiger partial charge on any atom is 0.320 e. The molecule has 0 aromatic carbocycles. The monoisotopic (exact) mass is 319 g/mol. The molecule has 126 valence electrons. The Labute approximate surface area is 136 Å². The lowest BCUT2D eigenvalue weighted by Gasteiger charge is -2.34. The van der Waals surface area contributed by atoms with Crippen molar-refractivity contribution < 1.29 is 9.59 Å². The van der Waals surface area contributed by atoms with E-state index in [0.29, 0.717) is 12.4 Å². The summed E-state index contributed by atoms with van der Waals surface area (Å²) in [5.41, 5.74) is 0.872. The molecular weight excluding hydrogens is 294 g/mol. The Morgan fingerprint density at radius 1 is 1.17 bits per heavy atom. The summed E-state index contributed by atoms with van der Waals surface area (Å²) in [6.45, 7) is 4.86. The molecule has 0 radical (unpaired) electrons. The summed E-state index contributed by atoms with van der Waals surface area (Å²) in [5, 5.41) is 7.18. The first-order chi connectivity index (χ1) is 11.0. The highest BCUT2D eigenvalue weighted by molar-refractivity contribution is 5.92. The summed E-state index contributed by atoms with van der Waals surface area (Å²) < 4.78 is 1.67. The number of carbonyl (C=O) groups excluding carboxylic acids is 2. The largest absolute Gasteiger partial charge is 0.325 e. The van der Waals surface area contributed by atoms with Gasteiger partial charge < -0.3 is 15.1 Å². The van der Waals surface area contributed by atoms with Crippen LogP contribution in [0.3, 0.4) is 0 Å². The lowest BCUT2D eigenvalue weighted by molar-refractivity contribution is -0.121. The van der Waals surface area contributed by atoms with Crippen LogP contribution in [0.4, 0.5) is 10.6 Å². The van der Waals surface area contributed by atoms with Crippen LogP contribution < -0.4 is 5.32 Å². The number of aryl methyl sites for hydroxylation is 2. The van der Waals surface area contributed by atoms with Crippen LogP contribution in [0.5, 0.6) is 0 Å². The summed E-state index contributed by atoms with van der Waals surface area (Å²) in [5.74, 6) is 0.535. The van der Waals surface area contributed by atoms with Crippen molar-refractivity contribution in [2.75, 3.05) is 31.5 Å². The molecule has 0 aliphatic carbocycles. The zero-order valence-corrected chi connectivity index (χ0v) is 13.9. The Bertz CT molecular complexity index is 591. The number of anilines is 1. The SMILES string of the molecule is Cc1cc(NC(=O)[C@H]2CCCN(C(=O)N3CCCC3)C2)n(C)n1. The lowest BCUT2D eigenvalue weighted by atomic mass is 9.97. The third-order valence-corrected chi connectivity index (χ3v) is 4.69. The molecule has 3 amide bonds. The van der Waals surface area contributed by atoms with Gasteiger partial charge in [0, 0.05) is 39.3 Å². The second-order valence-corrected chi connectivity index (χ2v) is 6.55. The van der Waals surface area contributed by atoms with Crippen LogP contribution >= 0.6 is 0 Å². The molecule has 0 unspecified atom stereocenters. The van der Waals surface area contributed by atoms with Crippen LogP contribution in [0.25, 0.3) is 0 Å². The number of hydrogen-bond acceptors (Lipinski definition) is 3. The van der Waals surface area contributed by atoms with E-state index in [0.717, 1.165) is 51.0 Å². The van der Waals surface area contributed by atoms with Crippen molar-refractivity contribution in [2.24, 2.45) is 13.0 Å².